The quantitative estimate of drug-likeness (QED) is 0.515. The van der Waals surface area contributed by atoms with Crippen molar-refractivity contribution in [3.63, 3.8) is 0 Å². The number of piperidine rings is 1. The van der Waals surface area contributed by atoms with E-state index in [-0.39, 0.29) is 0 Å². The summed E-state index contributed by atoms with van der Waals surface area (Å²) in [6, 6.07) is 0.820. The molecule has 1 heterocycles. The van der Waals surface area contributed by atoms with Crippen LogP contribution in [-0.2, 0) is 0 Å². The van der Waals surface area contributed by atoms with Gasteiger partial charge in [0, 0.05) is 6.04 Å². The van der Waals surface area contributed by atoms with Crippen molar-refractivity contribution >= 4 is 7.25 Å². The van der Waals surface area contributed by atoms with Gasteiger partial charge >= 0.3 is 7.25 Å². The Labute approximate surface area is 88.9 Å². The second-order valence-corrected chi connectivity index (χ2v) is 3.85. The maximum atomic E-state index is 9.75. The van der Waals surface area contributed by atoms with E-state index >= 15 is 0 Å². The molecule has 1 rings (SSSR count). The van der Waals surface area contributed by atoms with Crippen LogP contribution in [0.2, 0.25) is 0 Å². The third kappa shape index (κ3) is 10.0. The van der Waals surface area contributed by atoms with Crippen LogP contribution >= 0.6 is 0 Å². The minimum Gasteiger partial charge on any atom is -0.418 e. The molecule has 15 heavy (non-hydrogen) atoms. The lowest BCUT2D eigenvalue weighted by atomic mass is 10.1. The number of nitrogens with zero attached hydrogens (tertiary/aromatic N) is 1. The van der Waals surface area contributed by atoms with Crippen molar-refractivity contribution in [2.24, 2.45) is 0 Å². The summed E-state index contributed by atoms with van der Waals surface area (Å²) in [5, 5.41) is 0. The molecular formula is C9H19BF4N-. The van der Waals surface area contributed by atoms with Crippen LogP contribution in [0.5, 0.6) is 0 Å². The van der Waals surface area contributed by atoms with Crippen LogP contribution in [0.1, 0.15) is 39.5 Å². The molecule has 0 radical (unpaired) electrons. The van der Waals surface area contributed by atoms with Crippen molar-refractivity contribution in [2.45, 2.75) is 45.6 Å². The Kier molecular flexibility index (Phi) is 6.97. The lowest BCUT2D eigenvalue weighted by Gasteiger charge is -2.31. The molecule has 0 aromatic heterocycles. The van der Waals surface area contributed by atoms with E-state index in [1.54, 1.807) is 0 Å². The van der Waals surface area contributed by atoms with Crippen LogP contribution in [0.15, 0.2) is 0 Å². The standard InChI is InChI=1S/C9H19N.BF4/c1-3-9(2)10-7-5-4-6-8-10;2-1(3,4)5/h9H,3-8H2,1-2H3;/q;-1. The molecule has 0 aromatic carbocycles. The van der Waals surface area contributed by atoms with Gasteiger partial charge in [0.1, 0.15) is 0 Å². The average Bonchev–Trinajstić information content (AvgIpc) is 2.15. The topological polar surface area (TPSA) is 3.24 Å². The minimum atomic E-state index is -6.00. The molecule has 6 heteroatoms. The minimum absolute atomic E-state index is 0.820. The van der Waals surface area contributed by atoms with Crippen molar-refractivity contribution in [3.05, 3.63) is 0 Å². The zero-order valence-corrected chi connectivity index (χ0v) is 9.36. The Morgan fingerprint density at radius 2 is 1.47 bits per heavy atom. The van der Waals surface area contributed by atoms with Crippen molar-refractivity contribution in [3.8, 4) is 0 Å². The summed E-state index contributed by atoms with van der Waals surface area (Å²) in [7, 11) is -6.00. The molecular weight excluding hydrogens is 209 g/mol. The van der Waals surface area contributed by atoms with E-state index < -0.39 is 7.25 Å². The maximum absolute atomic E-state index is 9.75. The first-order valence-corrected chi connectivity index (χ1v) is 5.46. The van der Waals surface area contributed by atoms with Gasteiger partial charge < -0.3 is 22.2 Å². The number of hydrogen-bond donors (Lipinski definition) is 0. The van der Waals surface area contributed by atoms with Crippen LogP contribution in [-0.4, -0.2) is 31.3 Å². The smallest absolute Gasteiger partial charge is 0.418 e. The summed E-state index contributed by atoms with van der Waals surface area (Å²) in [6.45, 7) is 7.30. The van der Waals surface area contributed by atoms with Gasteiger partial charge in [-0.05, 0) is 39.3 Å². The van der Waals surface area contributed by atoms with Gasteiger partial charge in [0.05, 0.1) is 0 Å². The Bertz CT molecular complexity index is 151. The van der Waals surface area contributed by atoms with Gasteiger partial charge in [0.2, 0.25) is 0 Å². The highest BCUT2D eigenvalue weighted by Crippen LogP contribution is 2.13. The molecule has 1 nitrogen and oxygen atoms in total. The van der Waals surface area contributed by atoms with Crippen LogP contribution in [0.25, 0.3) is 0 Å². The summed E-state index contributed by atoms with van der Waals surface area (Å²) in [6.07, 6.45) is 5.60. The van der Waals surface area contributed by atoms with Gasteiger partial charge in [-0.1, -0.05) is 13.3 Å². The summed E-state index contributed by atoms with van der Waals surface area (Å²) >= 11 is 0. The summed E-state index contributed by atoms with van der Waals surface area (Å²) in [5.74, 6) is 0. The summed E-state index contributed by atoms with van der Waals surface area (Å²) in [4.78, 5) is 2.61. The molecule has 0 aliphatic carbocycles. The van der Waals surface area contributed by atoms with E-state index in [9.17, 15) is 17.3 Å². The fourth-order valence-electron chi connectivity index (χ4n) is 1.62. The largest absolute Gasteiger partial charge is 0.673 e. The molecule has 1 unspecified atom stereocenters. The van der Waals surface area contributed by atoms with E-state index in [0.29, 0.717) is 0 Å². The van der Waals surface area contributed by atoms with Crippen LogP contribution in [0, 0.1) is 0 Å². The third-order valence-corrected chi connectivity index (χ3v) is 2.60. The first-order valence-electron chi connectivity index (χ1n) is 5.46. The number of rotatable bonds is 2. The van der Waals surface area contributed by atoms with E-state index in [4.69, 9.17) is 0 Å². The Hall–Kier alpha value is -0.255. The number of hydrogen-bond acceptors (Lipinski definition) is 1. The van der Waals surface area contributed by atoms with E-state index in [1.807, 2.05) is 0 Å². The van der Waals surface area contributed by atoms with Crippen molar-refractivity contribution < 1.29 is 17.3 Å². The molecule has 1 saturated heterocycles. The van der Waals surface area contributed by atoms with Gasteiger partial charge in [0.25, 0.3) is 0 Å². The first-order chi connectivity index (χ1) is 6.84. The molecule has 1 aliphatic heterocycles. The van der Waals surface area contributed by atoms with E-state index in [0.717, 1.165) is 6.04 Å². The van der Waals surface area contributed by atoms with Gasteiger partial charge in [-0.3, -0.25) is 0 Å². The maximum Gasteiger partial charge on any atom is 0.673 e. The van der Waals surface area contributed by atoms with E-state index in [1.165, 1.54) is 38.8 Å². The highest BCUT2D eigenvalue weighted by Gasteiger charge is 2.20. The summed E-state index contributed by atoms with van der Waals surface area (Å²) < 4.78 is 39.0. The van der Waals surface area contributed by atoms with Crippen molar-refractivity contribution in [1.82, 2.24) is 4.90 Å². The zero-order chi connectivity index (χ0) is 11.9. The normalized spacial score (nSPS) is 20.4. The fourth-order valence-corrected chi connectivity index (χ4v) is 1.62. The predicted octanol–water partition coefficient (Wildman–Crippen LogP) is 3.57. The molecule has 1 fully saturated rings. The SMILES string of the molecule is CCC(C)N1CCCCC1.F[B-](F)(F)F. The fraction of sp³-hybridized carbons (Fsp3) is 1.00. The molecule has 0 amide bonds. The highest BCUT2D eigenvalue weighted by atomic mass is 19.5. The molecule has 0 N–H and O–H groups in total. The zero-order valence-electron chi connectivity index (χ0n) is 9.36. The van der Waals surface area contributed by atoms with Gasteiger partial charge in [-0.15, -0.1) is 0 Å². The Morgan fingerprint density at radius 3 is 1.80 bits per heavy atom. The lowest BCUT2D eigenvalue weighted by Crippen LogP contribution is -2.36. The monoisotopic (exact) mass is 228 g/mol. The second-order valence-electron chi connectivity index (χ2n) is 3.85. The molecule has 92 valence electrons. The number of likely N-dealkylation sites (tertiary alicyclic amines) is 1. The molecule has 0 saturated carbocycles. The average molecular weight is 228 g/mol. The van der Waals surface area contributed by atoms with Crippen LogP contribution in [0.3, 0.4) is 0 Å². The van der Waals surface area contributed by atoms with Gasteiger partial charge in [-0.25, -0.2) is 0 Å². The van der Waals surface area contributed by atoms with Gasteiger partial charge in [0.15, 0.2) is 0 Å². The second kappa shape index (κ2) is 7.09. The highest BCUT2D eigenvalue weighted by molar-refractivity contribution is 6.50. The molecule has 1 atom stereocenters. The predicted molar refractivity (Wildman–Crippen MR) is 55.4 cm³/mol. The van der Waals surface area contributed by atoms with Gasteiger partial charge in [-0.2, -0.15) is 0 Å². The lowest BCUT2D eigenvalue weighted by molar-refractivity contribution is 0.170. The van der Waals surface area contributed by atoms with Crippen LogP contribution in [0.4, 0.5) is 17.3 Å². The molecule has 0 spiro atoms. The third-order valence-electron chi connectivity index (χ3n) is 2.60. The summed E-state index contributed by atoms with van der Waals surface area (Å²) in [5.41, 5.74) is 0. The van der Waals surface area contributed by atoms with Crippen molar-refractivity contribution in [2.75, 3.05) is 13.1 Å². The van der Waals surface area contributed by atoms with E-state index in [2.05, 4.69) is 18.7 Å². The number of halogens is 4. The molecule has 0 bridgehead atoms. The van der Waals surface area contributed by atoms with Crippen molar-refractivity contribution in [1.29, 1.82) is 0 Å². The molecule has 0 aromatic rings. The molecule has 1 aliphatic rings. The van der Waals surface area contributed by atoms with Crippen LogP contribution < -0.4 is 0 Å². The Balaban J connectivity index is 0.000000336. The first kappa shape index (κ1) is 14.7. The Morgan fingerprint density at radius 1 is 1.07 bits per heavy atom.